The minimum Gasteiger partial charge on any atom is -0.381 e. The Kier molecular flexibility index (Phi) is 4.78. The van der Waals surface area contributed by atoms with Crippen LogP contribution in [0.25, 0.3) is 5.70 Å². The molecule has 0 unspecified atom stereocenters. The molecule has 0 atom stereocenters. The standard InChI is InChI=1S/C18H21FN4/c19-12-16(22-20)18-15-8-4-5-9-17(15)23(11-10-21-18)13-14-6-2-1-3-7-14/h1-9,21-22H,10-13,20H2/b18-16-. The van der Waals surface area contributed by atoms with Crippen LogP contribution in [0.2, 0.25) is 0 Å². The summed E-state index contributed by atoms with van der Waals surface area (Å²) in [5.41, 5.74) is 6.88. The maximum atomic E-state index is 13.3. The summed E-state index contributed by atoms with van der Waals surface area (Å²) in [6, 6.07) is 18.4. The Morgan fingerprint density at radius 1 is 1.13 bits per heavy atom. The van der Waals surface area contributed by atoms with Gasteiger partial charge in [0.05, 0.1) is 11.4 Å². The lowest BCUT2D eigenvalue weighted by Gasteiger charge is -2.24. The molecule has 4 N–H and O–H groups in total. The summed E-state index contributed by atoms with van der Waals surface area (Å²) in [6.45, 7) is 1.74. The molecule has 0 spiro atoms. The molecular formula is C18H21FN4. The number of anilines is 1. The lowest BCUT2D eigenvalue weighted by molar-refractivity contribution is 0.519. The number of para-hydroxylation sites is 1. The van der Waals surface area contributed by atoms with E-state index in [1.165, 1.54) is 5.56 Å². The number of halogens is 1. The first kappa shape index (κ1) is 15.4. The van der Waals surface area contributed by atoms with Crippen LogP contribution in [0.4, 0.5) is 10.1 Å². The quantitative estimate of drug-likeness (QED) is 0.599. The molecule has 0 saturated carbocycles. The van der Waals surface area contributed by atoms with Crippen LogP contribution >= 0.6 is 0 Å². The largest absolute Gasteiger partial charge is 0.381 e. The second kappa shape index (κ2) is 7.15. The number of nitrogens with two attached hydrogens (primary N) is 1. The molecule has 3 rings (SSSR count). The van der Waals surface area contributed by atoms with Gasteiger partial charge in [0.15, 0.2) is 0 Å². The molecule has 2 aromatic carbocycles. The molecule has 1 aliphatic rings. The van der Waals surface area contributed by atoms with E-state index >= 15 is 0 Å². The number of hydrazine groups is 1. The molecule has 1 heterocycles. The van der Waals surface area contributed by atoms with Crippen molar-refractivity contribution in [2.45, 2.75) is 6.54 Å². The number of benzene rings is 2. The summed E-state index contributed by atoms with van der Waals surface area (Å²) >= 11 is 0. The van der Waals surface area contributed by atoms with Crippen molar-refractivity contribution in [1.82, 2.24) is 10.7 Å². The highest BCUT2D eigenvalue weighted by Gasteiger charge is 2.20. The maximum Gasteiger partial charge on any atom is 0.132 e. The zero-order chi connectivity index (χ0) is 16.1. The van der Waals surface area contributed by atoms with Crippen molar-refractivity contribution in [2.75, 3.05) is 24.7 Å². The Morgan fingerprint density at radius 3 is 2.61 bits per heavy atom. The highest BCUT2D eigenvalue weighted by Crippen LogP contribution is 2.30. The minimum absolute atomic E-state index is 0.374. The van der Waals surface area contributed by atoms with Crippen LogP contribution in [-0.2, 0) is 6.54 Å². The topological polar surface area (TPSA) is 53.3 Å². The molecule has 2 aromatic rings. The molecular weight excluding hydrogens is 291 g/mol. The first-order valence-corrected chi connectivity index (χ1v) is 7.71. The number of rotatable bonds is 4. The van der Waals surface area contributed by atoms with Gasteiger partial charge in [-0.05, 0) is 11.6 Å². The molecule has 0 amide bonds. The summed E-state index contributed by atoms with van der Waals surface area (Å²) in [6.07, 6.45) is 0. The third-order valence-electron chi connectivity index (χ3n) is 4.02. The molecule has 23 heavy (non-hydrogen) atoms. The van der Waals surface area contributed by atoms with Crippen LogP contribution in [0.1, 0.15) is 11.1 Å². The van der Waals surface area contributed by atoms with Gasteiger partial charge < -0.3 is 15.6 Å². The fourth-order valence-electron chi connectivity index (χ4n) is 2.91. The van der Waals surface area contributed by atoms with E-state index in [2.05, 4.69) is 33.8 Å². The van der Waals surface area contributed by atoms with E-state index in [0.717, 1.165) is 36.6 Å². The molecule has 1 aliphatic heterocycles. The Bertz CT molecular complexity index is 678. The lowest BCUT2D eigenvalue weighted by Crippen LogP contribution is -2.30. The van der Waals surface area contributed by atoms with E-state index in [1.54, 1.807) is 0 Å². The summed E-state index contributed by atoms with van der Waals surface area (Å²) in [5.74, 6) is 5.48. The Hall–Kier alpha value is -2.53. The van der Waals surface area contributed by atoms with Gasteiger partial charge in [-0.25, -0.2) is 4.39 Å². The molecule has 0 aromatic heterocycles. The third-order valence-corrected chi connectivity index (χ3v) is 4.02. The van der Waals surface area contributed by atoms with Crippen molar-refractivity contribution in [3.8, 4) is 0 Å². The monoisotopic (exact) mass is 312 g/mol. The van der Waals surface area contributed by atoms with Crippen LogP contribution in [0, 0.1) is 0 Å². The van der Waals surface area contributed by atoms with Gasteiger partial charge in [-0.15, -0.1) is 0 Å². The molecule has 0 fully saturated rings. The van der Waals surface area contributed by atoms with E-state index in [1.807, 2.05) is 36.4 Å². The highest BCUT2D eigenvalue weighted by molar-refractivity contribution is 5.78. The lowest BCUT2D eigenvalue weighted by atomic mass is 10.1. The average Bonchev–Trinajstić information content (AvgIpc) is 2.78. The highest BCUT2D eigenvalue weighted by atomic mass is 19.1. The zero-order valence-corrected chi connectivity index (χ0v) is 12.9. The second-order valence-corrected chi connectivity index (χ2v) is 5.48. The van der Waals surface area contributed by atoms with E-state index in [-0.39, 0.29) is 0 Å². The van der Waals surface area contributed by atoms with Crippen molar-refractivity contribution in [1.29, 1.82) is 0 Å². The second-order valence-electron chi connectivity index (χ2n) is 5.48. The molecule has 120 valence electrons. The fraction of sp³-hybridized carbons (Fsp3) is 0.222. The number of nitrogens with zero attached hydrogens (tertiary/aromatic N) is 1. The normalized spacial score (nSPS) is 16.2. The van der Waals surface area contributed by atoms with Gasteiger partial charge in [0, 0.05) is 30.9 Å². The predicted octanol–water partition coefficient (Wildman–Crippen LogP) is 2.40. The molecule has 4 nitrogen and oxygen atoms in total. The van der Waals surface area contributed by atoms with Crippen molar-refractivity contribution in [3.63, 3.8) is 0 Å². The predicted molar refractivity (Wildman–Crippen MR) is 92.2 cm³/mol. The molecule has 5 heteroatoms. The summed E-state index contributed by atoms with van der Waals surface area (Å²) in [7, 11) is 0. The number of hydrogen-bond acceptors (Lipinski definition) is 4. The Labute approximate surface area is 135 Å². The van der Waals surface area contributed by atoms with Gasteiger partial charge in [0.2, 0.25) is 0 Å². The Balaban J connectivity index is 2.00. The van der Waals surface area contributed by atoms with Crippen LogP contribution < -0.4 is 21.5 Å². The van der Waals surface area contributed by atoms with Crippen LogP contribution in [-0.4, -0.2) is 19.8 Å². The molecule has 0 bridgehead atoms. The Morgan fingerprint density at radius 2 is 1.87 bits per heavy atom. The van der Waals surface area contributed by atoms with Crippen LogP contribution in [0.3, 0.4) is 0 Å². The van der Waals surface area contributed by atoms with Gasteiger partial charge >= 0.3 is 0 Å². The van der Waals surface area contributed by atoms with Gasteiger partial charge in [-0.2, -0.15) is 0 Å². The van der Waals surface area contributed by atoms with Crippen molar-refractivity contribution in [3.05, 3.63) is 71.4 Å². The number of fused-ring (bicyclic) bond motifs is 1. The van der Waals surface area contributed by atoms with Crippen molar-refractivity contribution >= 4 is 11.4 Å². The van der Waals surface area contributed by atoms with Gasteiger partial charge in [0.25, 0.3) is 0 Å². The van der Waals surface area contributed by atoms with Gasteiger partial charge in [-0.1, -0.05) is 48.5 Å². The number of alkyl halides is 1. The number of nitrogens with one attached hydrogen (secondary N) is 2. The van der Waals surface area contributed by atoms with Crippen LogP contribution in [0.15, 0.2) is 60.3 Å². The summed E-state index contributed by atoms with van der Waals surface area (Å²) in [4.78, 5) is 2.30. The van der Waals surface area contributed by atoms with Gasteiger partial charge in [-0.3, -0.25) is 5.84 Å². The average molecular weight is 312 g/mol. The van der Waals surface area contributed by atoms with Gasteiger partial charge in [0.1, 0.15) is 6.67 Å². The smallest absolute Gasteiger partial charge is 0.132 e. The molecule has 0 radical (unpaired) electrons. The van der Waals surface area contributed by atoms with E-state index in [0.29, 0.717) is 5.70 Å². The van der Waals surface area contributed by atoms with E-state index < -0.39 is 6.67 Å². The molecule has 0 aliphatic carbocycles. The van der Waals surface area contributed by atoms with Crippen molar-refractivity contribution in [2.24, 2.45) is 5.84 Å². The number of hydrogen-bond donors (Lipinski definition) is 3. The zero-order valence-electron chi connectivity index (χ0n) is 12.9. The van der Waals surface area contributed by atoms with E-state index in [4.69, 9.17) is 5.84 Å². The first-order valence-electron chi connectivity index (χ1n) is 7.71. The molecule has 0 saturated heterocycles. The fourth-order valence-corrected chi connectivity index (χ4v) is 2.91. The summed E-state index contributed by atoms with van der Waals surface area (Å²) < 4.78 is 13.3. The maximum absolute atomic E-state index is 13.3. The van der Waals surface area contributed by atoms with Crippen molar-refractivity contribution < 1.29 is 4.39 Å². The number of allylic oxidation sites excluding steroid dienone is 1. The first-order chi connectivity index (χ1) is 11.3. The van der Waals surface area contributed by atoms with E-state index in [9.17, 15) is 4.39 Å². The third kappa shape index (κ3) is 3.29. The SMILES string of the molecule is NN/C(CF)=C1\NCCN(Cc2ccccc2)c2ccccc21. The summed E-state index contributed by atoms with van der Waals surface area (Å²) in [5, 5.41) is 3.31. The minimum atomic E-state index is -0.633. The van der Waals surface area contributed by atoms with Crippen LogP contribution in [0.5, 0.6) is 0 Å².